The maximum atomic E-state index is 13.2. The maximum Gasteiger partial charge on any atom is 0.357 e. The van der Waals surface area contributed by atoms with Crippen LogP contribution in [0.2, 0.25) is 0 Å². The van der Waals surface area contributed by atoms with Crippen LogP contribution in [-0.4, -0.2) is 46.8 Å². The number of rotatable bonds is 6. The molecule has 1 aliphatic carbocycles. The summed E-state index contributed by atoms with van der Waals surface area (Å²) in [5, 5.41) is 10.7. The summed E-state index contributed by atoms with van der Waals surface area (Å²) in [5.41, 5.74) is 1.33. The molecule has 2 aliphatic rings. The Hall–Kier alpha value is -2.84. The summed E-state index contributed by atoms with van der Waals surface area (Å²) in [7, 11) is 0. The molecule has 2 aromatic carbocycles. The lowest BCUT2D eigenvalue weighted by Gasteiger charge is -2.42. The normalized spacial score (nSPS) is 23.7. The molecular weight excluding hydrogens is 408 g/mol. The quantitative estimate of drug-likeness (QED) is 0.727. The minimum atomic E-state index is -2.65. The van der Waals surface area contributed by atoms with Gasteiger partial charge in [-0.3, -0.25) is 0 Å². The molecule has 31 heavy (non-hydrogen) atoms. The molecule has 1 heterocycles. The van der Waals surface area contributed by atoms with Gasteiger partial charge < -0.3 is 14.7 Å². The van der Waals surface area contributed by atoms with Crippen LogP contribution in [-0.2, 0) is 9.57 Å². The SMILES string of the molecule is O=C(O)c1ccc([C@@H]2C[C@@H](OC3CC(F)(F)C3)CCN2OC(=O)c2ccccc2)cc1. The third kappa shape index (κ3) is 5.08. The average Bonchev–Trinajstić information content (AvgIpc) is 2.74. The van der Waals surface area contributed by atoms with Gasteiger partial charge in [-0.1, -0.05) is 30.3 Å². The summed E-state index contributed by atoms with van der Waals surface area (Å²) < 4.78 is 32.2. The van der Waals surface area contributed by atoms with Crippen LogP contribution in [0.3, 0.4) is 0 Å². The van der Waals surface area contributed by atoms with Gasteiger partial charge in [-0.2, -0.15) is 0 Å². The minimum absolute atomic E-state index is 0.150. The zero-order valence-electron chi connectivity index (χ0n) is 16.7. The highest BCUT2D eigenvalue weighted by Crippen LogP contribution is 2.42. The first-order valence-electron chi connectivity index (χ1n) is 10.2. The van der Waals surface area contributed by atoms with Crippen molar-refractivity contribution in [3.8, 4) is 0 Å². The summed E-state index contributed by atoms with van der Waals surface area (Å²) in [6.45, 7) is 0.373. The zero-order chi connectivity index (χ0) is 22.0. The molecule has 6 nitrogen and oxygen atoms in total. The molecule has 0 spiro atoms. The smallest absolute Gasteiger partial charge is 0.357 e. The predicted octanol–water partition coefficient (Wildman–Crippen LogP) is 4.48. The molecule has 4 rings (SSSR count). The van der Waals surface area contributed by atoms with Crippen LogP contribution in [0.25, 0.3) is 0 Å². The first-order chi connectivity index (χ1) is 14.8. The third-order valence-corrected chi connectivity index (χ3v) is 5.69. The number of alkyl halides is 2. The second kappa shape index (κ2) is 8.72. The Labute approximate surface area is 178 Å². The Bertz CT molecular complexity index is 927. The fourth-order valence-electron chi connectivity index (χ4n) is 4.00. The number of hydrogen-bond acceptors (Lipinski definition) is 5. The first kappa shape index (κ1) is 21.4. The second-order valence-corrected chi connectivity index (χ2v) is 8.00. The van der Waals surface area contributed by atoms with E-state index < -0.39 is 24.0 Å². The molecule has 0 radical (unpaired) electrons. The number of carboxylic acids is 1. The predicted molar refractivity (Wildman–Crippen MR) is 107 cm³/mol. The average molecular weight is 431 g/mol. The number of hydrogen-bond donors (Lipinski definition) is 1. The van der Waals surface area contributed by atoms with Crippen LogP contribution < -0.4 is 0 Å². The van der Waals surface area contributed by atoms with Gasteiger partial charge in [0.05, 0.1) is 29.4 Å². The van der Waals surface area contributed by atoms with Gasteiger partial charge in [-0.15, -0.1) is 5.06 Å². The van der Waals surface area contributed by atoms with Crippen molar-refractivity contribution in [2.45, 2.75) is 49.9 Å². The van der Waals surface area contributed by atoms with Crippen LogP contribution in [0.15, 0.2) is 54.6 Å². The Morgan fingerprint density at radius 3 is 2.26 bits per heavy atom. The number of halogens is 2. The minimum Gasteiger partial charge on any atom is -0.478 e. The number of aromatic carboxylic acids is 1. The third-order valence-electron chi connectivity index (χ3n) is 5.69. The number of piperidine rings is 1. The van der Waals surface area contributed by atoms with Crippen molar-refractivity contribution < 1.29 is 33.1 Å². The summed E-state index contributed by atoms with van der Waals surface area (Å²) >= 11 is 0. The van der Waals surface area contributed by atoms with E-state index in [1.165, 1.54) is 12.1 Å². The molecule has 8 heteroatoms. The van der Waals surface area contributed by atoms with Crippen LogP contribution in [0.1, 0.15) is 58.0 Å². The summed E-state index contributed by atoms with van der Waals surface area (Å²) in [4.78, 5) is 29.4. The maximum absolute atomic E-state index is 13.2. The molecule has 0 unspecified atom stereocenters. The van der Waals surface area contributed by atoms with Crippen molar-refractivity contribution in [2.75, 3.05) is 6.54 Å². The van der Waals surface area contributed by atoms with Gasteiger partial charge in [-0.05, 0) is 42.7 Å². The fourth-order valence-corrected chi connectivity index (χ4v) is 4.00. The van der Waals surface area contributed by atoms with Crippen LogP contribution >= 0.6 is 0 Å². The van der Waals surface area contributed by atoms with E-state index in [1.807, 2.05) is 0 Å². The Morgan fingerprint density at radius 2 is 1.65 bits per heavy atom. The number of ether oxygens (including phenoxy) is 1. The topological polar surface area (TPSA) is 76.1 Å². The van der Waals surface area contributed by atoms with Crippen LogP contribution in [0.4, 0.5) is 8.78 Å². The van der Waals surface area contributed by atoms with Crippen molar-refractivity contribution >= 4 is 11.9 Å². The van der Waals surface area contributed by atoms with Crippen molar-refractivity contribution in [3.05, 3.63) is 71.3 Å². The first-order valence-corrected chi connectivity index (χ1v) is 10.2. The highest BCUT2D eigenvalue weighted by molar-refractivity contribution is 5.89. The number of carbonyl (C=O) groups excluding carboxylic acids is 1. The lowest BCUT2D eigenvalue weighted by molar-refractivity contribution is -0.213. The molecule has 0 bridgehead atoms. The van der Waals surface area contributed by atoms with Gasteiger partial charge in [0.2, 0.25) is 0 Å². The monoisotopic (exact) mass is 431 g/mol. The zero-order valence-corrected chi connectivity index (χ0v) is 16.7. The van der Waals surface area contributed by atoms with Gasteiger partial charge >= 0.3 is 11.9 Å². The van der Waals surface area contributed by atoms with E-state index in [2.05, 4.69) is 0 Å². The van der Waals surface area contributed by atoms with Crippen LogP contribution in [0.5, 0.6) is 0 Å². The van der Waals surface area contributed by atoms with Gasteiger partial charge in [-0.25, -0.2) is 18.4 Å². The van der Waals surface area contributed by atoms with Gasteiger partial charge in [0, 0.05) is 19.4 Å². The number of carboxylic acid groups (broad SMARTS) is 1. The molecule has 1 N–H and O–H groups in total. The Balaban J connectivity index is 1.49. The van der Waals surface area contributed by atoms with Crippen molar-refractivity contribution in [1.82, 2.24) is 5.06 Å². The summed E-state index contributed by atoms with van der Waals surface area (Å²) in [5.74, 6) is -4.18. The van der Waals surface area contributed by atoms with Gasteiger partial charge in [0.15, 0.2) is 0 Å². The molecule has 1 saturated carbocycles. The lowest BCUT2D eigenvalue weighted by atomic mass is 9.89. The highest BCUT2D eigenvalue weighted by Gasteiger charge is 2.47. The molecule has 1 saturated heterocycles. The molecule has 0 aromatic heterocycles. The molecule has 0 amide bonds. The van der Waals surface area contributed by atoms with Gasteiger partial charge in [0.25, 0.3) is 5.92 Å². The standard InChI is InChI=1S/C23H23F2NO5/c24-23(25)13-19(14-23)30-18-10-11-26(31-22(29)17-4-2-1-3-5-17)20(12-18)15-6-8-16(9-7-15)21(27)28/h1-9,18-20H,10-14H2,(H,27,28)/t18-,20-/m0/s1. The molecule has 164 valence electrons. The summed E-state index contributed by atoms with van der Waals surface area (Å²) in [6.07, 6.45) is -0.280. The number of benzene rings is 2. The largest absolute Gasteiger partial charge is 0.478 e. The number of carbonyl (C=O) groups is 2. The lowest BCUT2D eigenvalue weighted by Crippen LogP contribution is -2.46. The number of hydroxylamine groups is 2. The van der Waals surface area contributed by atoms with Crippen molar-refractivity contribution in [3.63, 3.8) is 0 Å². The van der Waals surface area contributed by atoms with E-state index >= 15 is 0 Å². The fraction of sp³-hybridized carbons (Fsp3) is 0.391. The van der Waals surface area contributed by atoms with E-state index in [0.29, 0.717) is 24.9 Å². The van der Waals surface area contributed by atoms with Gasteiger partial charge in [0.1, 0.15) is 0 Å². The van der Waals surface area contributed by atoms with E-state index in [9.17, 15) is 18.4 Å². The second-order valence-electron chi connectivity index (χ2n) is 8.00. The van der Waals surface area contributed by atoms with E-state index in [0.717, 1.165) is 5.56 Å². The van der Waals surface area contributed by atoms with E-state index in [-0.39, 0.29) is 30.6 Å². The van der Waals surface area contributed by atoms with Crippen LogP contribution in [0, 0.1) is 0 Å². The Kier molecular flexibility index (Phi) is 6.02. The number of nitrogens with zero attached hydrogens (tertiary/aromatic N) is 1. The Morgan fingerprint density at radius 1 is 0.968 bits per heavy atom. The molecule has 2 aromatic rings. The summed E-state index contributed by atoms with van der Waals surface area (Å²) in [6, 6.07) is 14.6. The van der Waals surface area contributed by atoms with E-state index in [1.54, 1.807) is 47.5 Å². The molecular formula is C23H23F2NO5. The van der Waals surface area contributed by atoms with Crippen molar-refractivity contribution in [1.29, 1.82) is 0 Å². The van der Waals surface area contributed by atoms with E-state index in [4.69, 9.17) is 14.7 Å². The molecule has 2 atom stereocenters. The van der Waals surface area contributed by atoms with Crippen molar-refractivity contribution in [2.24, 2.45) is 0 Å². The molecule has 2 fully saturated rings. The molecule has 1 aliphatic heterocycles. The highest BCUT2D eigenvalue weighted by atomic mass is 19.3.